The summed E-state index contributed by atoms with van der Waals surface area (Å²) < 4.78 is 12.1. The fourth-order valence-corrected chi connectivity index (χ4v) is 9.07. The monoisotopic (exact) mass is 819 g/mol. The first-order valence-corrected chi connectivity index (χ1v) is 20.5. The van der Waals surface area contributed by atoms with Gasteiger partial charge in [0.2, 0.25) is 0 Å². The summed E-state index contributed by atoms with van der Waals surface area (Å²) in [4.78, 5) is 30.4. The van der Waals surface area contributed by atoms with Gasteiger partial charge in [0.05, 0.1) is 33.8 Å². The third-order valence-corrected chi connectivity index (χ3v) is 11.7. The van der Waals surface area contributed by atoms with Crippen molar-refractivity contribution < 1.29 is 0 Å². The number of imidazole rings is 3. The predicted octanol–water partition coefficient (Wildman–Crippen LogP) is 8.76. The summed E-state index contributed by atoms with van der Waals surface area (Å²) in [5.41, 5.74) is 13.7. The van der Waals surface area contributed by atoms with Gasteiger partial charge in [-0.15, -0.1) is 0 Å². The Morgan fingerprint density at radius 2 is 0.619 bits per heavy atom. The molecule has 0 fully saturated rings. The average Bonchev–Trinajstić information content (AvgIpc) is 4.17. The average molecular weight is 820 g/mol. The first-order chi connectivity index (χ1) is 31.0. The van der Waals surface area contributed by atoms with Crippen LogP contribution < -0.4 is 0 Å². The molecule has 0 aliphatic rings. The molecular formula is C48H33N15. The van der Waals surface area contributed by atoms with Gasteiger partial charge < -0.3 is 0 Å². The van der Waals surface area contributed by atoms with Gasteiger partial charge in [0.1, 0.15) is 16.6 Å². The maximum atomic E-state index is 5.38. The topological polar surface area (TPSA) is 144 Å². The van der Waals surface area contributed by atoms with E-state index in [0.29, 0.717) is 34.4 Å². The van der Waals surface area contributed by atoms with Crippen LogP contribution in [0, 0.1) is 20.8 Å². The summed E-state index contributed by atoms with van der Waals surface area (Å²) >= 11 is 0. The molecule has 0 bridgehead atoms. The van der Waals surface area contributed by atoms with Crippen LogP contribution in [-0.2, 0) is 0 Å². The van der Waals surface area contributed by atoms with Gasteiger partial charge in [-0.1, -0.05) is 54.6 Å². The number of hydrogen-bond acceptors (Lipinski definition) is 9. The van der Waals surface area contributed by atoms with E-state index in [4.69, 9.17) is 45.2 Å². The van der Waals surface area contributed by atoms with Crippen LogP contribution in [0.3, 0.4) is 0 Å². The predicted molar refractivity (Wildman–Crippen MR) is 240 cm³/mol. The van der Waals surface area contributed by atoms with Crippen molar-refractivity contribution in [2.45, 2.75) is 20.8 Å². The van der Waals surface area contributed by atoms with Crippen LogP contribution in [0.1, 0.15) is 17.1 Å². The molecule has 0 aliphatic carbocycles. The van der Waals surface area contributed by atoms with E-state index >= 15 is 0 Å². The Morgan fingerprint density at radius 3 is 0.905 bits per heavy atom. The summed E-state index contributed by atoms with van der Waals surface area (Å²) in [5, 5.41) is 16.1. The number of hydrogen-bond donors (Lipinski definition) is 0. The van der Waals surface area contributed by atoms with Gasteiger partial charge in [-0.05, 0) is 93.6 Å². The van der Waals surface area contributed by atoms with E-state index < -0.39 is 0 Å². The third kappa shape index (κ3) is 4.92. The van der Waals surface area contributed by atoms with E-state index in [1.807, 2.05) is 125 Å². The van der Waals surface area contributed by atoms with E-state index in [1.54, 1.807) is 18.6 Å². The van der Waals surface area contributed by atoms with Gasteiger partial charge >= 0.3 is 0 Å². The standard InChI is InChI=1S/C48H33N15/c1-28-37(43-52-34-22-13-25-49-40(34)58(43)31-16-7-4-8-17-31)46-61(55-28)47-38(44-53-35-23-14-26-50-41(35)59(44)32-18-9-5-10-19-32)29(2)57-63(47)48-39(30(3)56-62(46)48)45-54-36-24-15-27-51-42(36)60(45)33-20-11-6-12-21-33/h4-27H,1-3H3. The van der Waals surface area contributed by atoms with Gasteiger partial charge in [0, 0.05) is 35.7 Å². The Bertz CT molecular complexity index is 3500. The Hall–Kier alpha value is -8.85. The molecule has 0 spiro atoms. The third-order valence-electron chi connectivity index (χ3n) is 11.7. The zero-order valence-corrected chi connectivity index (χ0v) is 34.1. The first-order valence-electron chi connectivity index (χ1n) is 20.5. The molecule has 15 heteroatoms. The first kappa shape index (κ1) is 35.0. The molecule has 0 unspecified atom stereocenters. The number of para-hydroxylation sites is 3. The van der Waals surface area contributed by atoms with Crippen molar-refractivity contribution in [3.8, 4) is 51.2 Å². The van der Waals surface area contributed by atoms with E-state index in [9.17, 15) is 0 Å². The van der Waals surface area contributed by atoms with Gasteiger partial charge in [0.25, 0.3) is 0 Å². The fraction of sp³-hybridized carbons (Fsp3) is 0.0625. The number of aryl methyl sites for hydroxylation is 3. The summed E-state index contributed by atoms with van der Waals surface area (Å²) in [5.74, 6) is 2.01. The summed E-state index contributed by atoms with van der Waals surface area (Å²) in [6.07, 6.45) is 5.39. The molecule has 0 atom stereocenters. The Morgan fingerprint density at radius 1 is 0.333 bits per heavy atom. The molecule has 15 nitrogen and oxygen atoms in total. The molecule has 13 rings (SSSR count). The van der Waals surface area contributed by atoms with Gasteiger partial charge in [-0.2, -0.15) is 28.8 Å². The van der Waals surface area contributed by atoms with Crippen molar-refractivity contribution in [3.05, 3.63) is 163 Å². The molecular weight excluding hydrogens is 787 g/mol. The molecule has 10 heterocycles. The van der Waals surface area contributed by atoms with E-state index in [2.05, 4.69) is 50.1 Å². The molecule has 0 aliphatic heterocycles. The Kier molecular flexibility index (Phi) is 7.25. The lowest BCUT2D eigenvalue weighted by Gasteiger charge is -2.12. The van der Waals surface area contributed by atoms with Crippen molar-refractivity contribution in [1.29, 1.82) is 0 Å². The number of nitrogens with zero attached hydrogens (tertiary/aromatic N) is 15. The molecule has 0 saturated heterocycles. The molecule has 300 valence electrons. The molecule has 0 radical (unpaired) electrons. The summed E-state index contributed by atoms with van der Waals surface area (Å²) in [6.45, 7) is 6.03. The van der Waals surface area contributed by atoms with Crippen LogP contribution in [0.15, 0.2) is 146 Å². The second-order valence-corrected chi connectivity index (χ2v) is 15.4. The highest BCUT2D eigenvalue weighted by Crippen LogP contribution is 2.41. The summed E-state index contributed by atoms with van der Waals surface area (Å²) in [7, 11) is 0. The van der Waals surface area contributed by atoms with Gasteiger partial charge in [0.15, 0.2) is 51.4 Å². The molecule has 63 heavy (non-hydrogen) atoms. The minimum absolute atomic E-state index is 0.669. The highest BCUT2D eigenvalue weighted by atomic mass is 15.5. The van der Waals surface area contributed by atoms with E-state index in [-0.39, 0.29) is 0 Å². The maximum Gasteiger partial charge on any atom is 0.172 e. The minimum atomic E-state index is 0.669. The van der Waals surface area contributed by atoms with Crippen LogP contribution in [-0.4, -0.2) is 72.4 Å². The number of aromatic nitrogens is 15. The molecule has 13 aromatic rings. The Labute approximate surface area is 356 Å². The second kappa shape index (κ2) is 13.1. The van der Waals surface area contributed by atoms with Gasteiger partial charge in [-0.25, -0.2) is 29.9 Å². The number of fused-ring (bicyclic) bond motifs is 9. The lowest BCUT2D eigenvalue weighted by atomic mass is 10.2. The van der Waals surface area contributed by atoms with Gasteiger partial charge in [-0.3, -0.25) is 13.7 Å². The highest BCUT2D eigenvalue weighted by Gasteiger charge is 2.33. The van der Waals surface area contributed by atoms with E-state index in [0.717, 1.165) is 84.3 Å². The van der Waals surface area contributed by atoms with Crippen molar-refractivity contribution in [3.63, 3.8) is 0 Å². The van der Waals surface area contributed by atoms with Crippen molar-refractivity contribution in [2.24, 2.45) is 0 Å². The number of pyridine rings is 3. The maximum absolute atomic E-state index is 5.38. The Balaban J connectivity index is 1.23. The molecule has 10 aromatic heterocycles. The van der Waals surface area contributed by atoms with Crippen LogP contribution in [0.25, 0.3) is 102 Å². The van der Waals surface area contributed by atoms with Crippen LogP contribution in [0.2, 0.25) is 0 Å². The van der Waals surface area contributed by atoms with Crippen molar-refractivity contribution >= 4 is 50.4 Å². The highest BCUT2D eigenvalue weighted by molar-refractivity contribution is 5.94. The lowest BCUT2D eigenvalue weighted by molar-refractivity contribution is 0.815. The molecule has 0 N–H and O–H groups in total. The minimum Gasteiger partial charge on any atom is -0.277 e. The number of benzene rings is 3. The molecule has 0 amide bonds. The quantitative estimate of drug-likeness (QED) is 0.161. The zero-order chi connectivity index (χ0) is 41.9. The van der Waals surface area contributed by atoms with Crippen LogP contribution in [0.5, 0.6) is 0 Å². The summed E-state index contributed by atoms with van der Waals surface area (Å²) in [6, 6.07) is 42.2. The van der Waals surface area contributed by atoms with Crippen molar-refractivity contribution in [2.75, 3.05) is 0 Å². The molecule has 0 saturated carbocycles. The fourth-order valence-electron chi connectivity index (χ4n) is 9.07. The van der Waals surface area contributed by atoms with E-state index in [1.165, 1.54) is 0 Å². The molecule has 3 aromatic carbocycles. The number of rotatable bonds is 6. The lowest BCUT2D eigenvalue weighted by Crippen LogP contribution is -2.08. The zero-order valence-electron chi connectivity index (χ0n) is 34.1. The normalized spacial score (nSPS) is 12.0. The van der Waals surface area contributed by atoms with Crippen molar-refractivity contribution in [1.82, 2.24) is 72.4 Å². The second-order valence-electron chi connectivity index (χ2n) is 15.4. The largest absolute Gasteiger partial charge is 0.277 e. The SMILES string of the molecule is Cc1nn2c(c1-c1nc3cccnc3n1-c1ccccc1)n1nc(C)c(-c3nc4cccnc4n3-c3ccccc3)c1n1nc(C)c(-c3nc4cccnc4n3-c3ccccc3)c21. The van der Waals surface area contributed by atoms with Crippen LogP contribution in [0.4, 0.5) is 0 Å². The van der Waals surface area contributed by atoms with Crippen LogP contribution >= 0.6 is 0 Å². The smallest absolute Gasteiger partial charge is 0.172 e.